The molecule has 0 saturated heterocycles. The van der Waals surface area contributed by atoms with Crippen molar-refractivity contribution in [2.75, 3.05) is 0 Å². The highest BCUT2D eigenvalue weighted by atomic mass is 19.2. The van der Waals surface area contributed by atoms with Crippen molar-refractivity contribution in [2.45, 2.75) is 18.9 Å². The second-order valence-corrected chi connectivity index (χ2v) is 6.20. The Morgan fingerprint density at radius 3 is 2.60 bits per heavy atom. The SMILES string of the molecule is N#Cc1ccc2ncn(-c3nc4cc(F)c(F)cc4n3C3CC3)c2c1. The fourth-order valence-corrected chi connectivity index (χ4v) is 3.18. The van der Waals surface area contributed by atoms with Gasteiger partial charge in [0, 0.05) is 18.2 Å². The van der Waals surface area contributed by atoms with Crippen LogP contribution in [0.3, 0.4) is 0 Å². The highest BCUT2D eigenvalue weighted by Crippen LogP contribution is 2.40. The van der Waals surface area contributed by atoms with E-state index < -0.39 is 11.6 Å². The average molecular weight is 335 g/mol. The van der Waals surface area contributed by atoms with E-state index in [1.54, 1.807) is 29.1 Å². The van der Waals surface area contributed by atoms with Gasteiger partial charge in [0.2, 0.25) is 5.95 Å². The van der Waals surface area contributed by atoms with Crippen LogP contribution in [-0.4, -0.2) is 19.1 Å². The van der Waals surface area contributed by atoms with Gasteiger partial charge in [0.25, 0.3) is 0 Å². The van der Waals surface area contributed by atoms with Crippen molar-refractivity contribution in [3.8, 4) is 12.0 Å². The Labute approximate surface area is 140 Å². The van der Waals surface area contributed by atoms with Crippen LogP contribution in [0.15, 0.2) is 36.7 Å². The molecule has 0 unspecified atom stereocenters. The summed E-state index contributed by atoms with van der Waals surface area (Å²) in [5, 5.41) is 9.14. The Balaban J connectivity index is 1.84. The fraction of sp³-hybridized carbons (Fsp3) is 0.167. The van der Waals surface area contributed by atoms with Gasteiger partial charge >= 0.3 is 0 Å². The van der Waals surface area contributed by atoms with E-state index in [9.17, 15) is 8.78 Å². The molecule has 0 N–H and O–H groups in total. The van der Waals surface area contributed by atoms with Crippen LogP contribution < -0.4 is 0 Å². The van der Waals surface area contributed by atoms with E-state index in [4.69, 9.17) is 5.26 Å². The normalized spacial score (nSPS) is 14.3. The van der Waals surface area contributed by atoms with Crippen LogP contribution in [0, 0.1) is 23.0 Å². The first-order chi connectivity index (χ1) is 12.2. The van der Waals surface area contributed by atoms with Gasteiger partial charge in [0.15, 0.2) is 11.6 Å². The lowest BCUT2D eigenvalue weighted by atomic mass is 10.2. The maximum Gasteiger partial charge on any atom is 0.216 e. The first kappa shape index (κ1) is 14.1. The average Bonchev–Trinajstić information content (AvgIpc) is 3.26. The molecule has 0 radical (unpaired) electrons. The minimum Gasteiger partial charge on any atom is -0.306 e. The zero-order valence-electron chi connectivity index (χ0n) is 12.9. The van der Waals surface area contributed by atoms with E-state index in [-0.39, 0.29) is 6.04 Å². The van der Waals surface area contributed by atoms with Gasteiger partial charge in [-0.2, -0.15) is 5.26 Å². The summed E-state index contributed by atoms with van der Waals surface area (Å²) >= 11 is 0. The molecule has 1 fully saturated rings. The molecular weight excluding hydrogens is 324 g/mol. The Hall–Kier alpha value is -3.27. The predicted molar refractivity (Wildman–Crippen MR) is 87.3 cm³/mol. The minimum atomic E-state index is -0.915. The molecule has 0 atom stereocenters. The van der Waals surface area contributed by atoms with Gasteiger partial charge in [-0.05, 0) is 31.0 Å². The number of fused-ring (bicyclic) bond motifs is 2. The third kappa shape index (κ3) is 2.04. The van der Waals surface area contributed by atoms with E-state index in [1.165, 1.54) is 6.07 Å². The lowest BCUT2D eigenvalue weighted by molar-refractivity contribution is 0.510. The molecule has 4 aromatic rings. The molecule has 0 bridgehead atoms. The van der Waals surface area contributed by atoms with Gasteiger partial charge in [-0.1, -0.05) is 0 Å². The third-order valence-electron chi connectivity index (χ3n) is 4.52. The van der Waals surface area contributed by atoms with E-state index in [0.717, 1.165) is 29.9 Å². The number of nitrogens with zero attached hydrogens (tertiary/aromatic N) is 5. The van der Waals surface area contributed by atoms with Crippen molar-refractivity contribution in [1.82, 2.24) is 19.1 Å². The summed E-state index contributed by atoms with van der Waals surface area (Å²) in [5.41, 5.74) is 2.94. The largest absolute Gasteiger partial charge is 0.306 e. The van der Waals surface area contributed by atoms with Crippen LogP contribution in [0.5, 0.6) is 0 Å². The van der Waals surface area contributed by atoms with Crippen LogP contribution in [0.2, 0.25) is 0 Å². The summed E-state index contributed by atoms with van der Waals surface area (Å²) in [7, 11) is 0. The lowest BCUT2D eigenvalue weighted by Crippen LogP contribution is -2.05. The quantitative estimate of drug-likeness (QED) is 0.559. The molecule has 1 aliphatic carbocycles. The number of benzene rings is 2. The molecule has 25 heavy (non-hydrogen) atoms. The first-order valence-electron chi connectivity index (χ1n) is 7.90. The molecule has 0 amide bonds. The minimum absolute atomic E-state index is 0.210. The van der Waals surface area contributed by atoms with Crippen LogP contribution in [0.4, 0.5) is 8.78 Å². The zero-order chi connectivity index (χ0) is 17.1. The maximum atomic E-state index is 13.7. The van der Waals surface area contributed by atoms with Gasteiger partial charge in [-0.15, -0.1) is 0 Å². The van der Waals surface area contributed by atoms with E-state index in [0.29, 0.717) is 22.5 Å². The monoisotopic (exact) mass is 335 g/mol. The van der Waals surface area contributed by atoms with E-state index in [1.807, 2.05) is 4.57 Å². The second kappa shape index (κ2) is 4.86. The molecule has 7 heteroatoms. The summed E-state index contributed by atoms with van der Waals surface area (Å²) < 4.78 is 31.1. The molecule has 2 heterocycles. The number of halogens is 2. The predicted octanol–water partition coefficient (Wildman–Crippen LogP) is 3.86. The molecule has 1 aliphatic rings. The topological polar surface area (TPSA) is 59.4 Å². The lowest BCUT2D eigenvalue weighted by Gasteiger charge is -2.09. The molecule has 2 aromatic carbocycles. The highest BCUT2D eigenvalue weighted by Gasteiger charge is 2.30. The van der Waals surface area contributed by atoms with Gasteiger partial charge in [0.1, 0.15) is 6.33 Å². The maximum absolute atomic E-state index is 13.7. The number of imidazole rings is 2. The fourth-order valence-electron chi connectivity index (χ4n) is 3.18. The summed E-state index contributed by atoms with van der Waals surface area (Å²) in [6.07, 6.45) is 3.56. The number of aromatic nitrogens is 4. The Bertz CT molecular complexity index is 1190. The molecule has 0 aliphatic heterocycles. The van der Waals surface area contributed by atoms with Crippen LogP contribution in [0.25, 0.3) is 28.0 Å². The Morgan fingerprint density at radius 2 is 1.84 bits per heavy atom. The second-order valence-electron chi connectivity index (χ2n) is 6.20. The summed E-state index contributed by atoms with van der Waals surface area (Å²) in [6.45, 7) is 0. The smallest absolute Gasteiger partial charge is 0.216 e. The molecule has 5 nitrogen and oxygen atoms in total. The van der Waals surface area contributed by atoms with Crippen LogP contribution in [-0.2, 0) is 0 Å². The summed E-state index contributed by atoms with van der Waals surface area (Å²) in [4.78, 5) is 8.87. The third-order valence-corrected chi connectivity index (χ3v) is 4.52. The van der Waals surface area contributed by atoms with Crippen LogP contribution >= 0.6 is 0 Å². The summed E-state index contributed by atoms with van der Waals surface area (Å²) in [6, 6.07) is 9.84. The molecule has 1 saturated carbocycles. The molecule has 0 spiro atoms. The Morgan fingerprint density at radius 1 is 1.04 bits per heavy atom. The highest BCUT2D eigenvalue weighted by molar-refractivity contribution is 5.82. The number of nitriles is 1. The molecular formula is C18H11F2N5. The standard InChI is InChI=1S/C18H11F2N5/c19-12-6-15-17(7-13(12)20)25(11-2-3-11)18(23-15)24-9-22-14-4-1-10(8-21)5-16(14)24/h1,4-7,9,11H,2-3H2. The van der Waals surface area contributed by atoms with Crippen molar-refractivity contribution >= 4 is 22.1 Å². The number of hydrogen-bond acceptors (Lipinski definition) is 3. The van der Waals surface area contributed by atoms with Crippen molar-refractivity contribution < 1.29 is 8.78 Å². The van der Waals surface area contributed by atoms with Crippen LogP contribution in [0.1, 0.15) is 24.4 Å². The molecule has 122 valence electrons. The van der Waals surface area contributed by atoms with Crippen molar-refractivity contribution in [3.63, 3.8) is 0 Å². The number of rotatable bonds is 2. The van der Waals surface area contributed by atoms with E-state index in [2.05, 4.69) is 16.0 Å². The van der Waals surface area contributed by atoms with Gasteiger partial charge in [0.05, 0.1) is 33.7 Å². The van der Waals surface area contributed by atoms with Gasteiger partial charge < -0.3 is 4.57 Å². The summed E-state index contributed by atoms with van der Waals surface area (Å²) in [5.74, 6) is -1.25. The van der Waals surface area contributed by atoms with Gasteiger partial charge in [-0.25, -0.2) is 18.7 Å². The molecule has 5 rings (SSSR count). The number of hydrogen-bond donors (Lipinski definition) is 0. The van der Waals surface area contributed by atoms with Crippen molar-refractivity contribution in [1.29, 1.82) is 5.26 Å². The van der Waals surface area contributed by atoms with E-state index >= 15 is 0 Å². The van der Waals surface area contributed by atoms with Gasteiger partial charge in [-0.3, -0.25) is 4.57 Å². The Kier molecular flexibility index (Phi) is 2.74. The molecule has 2 aromatic heterocycles. The van der Waals surface area contributed by atoms with Crippen molar-refractivity contribution in [3.05, 3.63) is 53.9 Å². The van der Waals surface area contributed by atoms with Crippen molar-refractivity contribution in [2.24, 2.45) is 0 Å². The zero-order valence-corrected chi connectivity index (χ0v) is 12.9. The first-order valence-corrected chi connectivity index (χ1v) is 7.90.